The summed E-state index contributed by atoms with van der Waals surface area (Å²) < 4.78 is 26.7. The number of hydrogen-bond acceptors (Lipinski definition) is 4. The van der Waals surface area contributed by atoms with Gasteiger partial charge in [-0.15, -0.1) is 0 Å². The lowest BCUT2D eigenvalue weighted by molar-refractivity contribution is 0.281. The molecular formula is C13H21BrN2O3S. The molecular weight excluding hydrogens is 344 g/mol. The predicted octanol–water partition coefficient (Wildman–Crippen LogP) is 1.51. The third-order valence-corrected chi connectivity index (χ3v) is 5.78. The molecule has 0 unspecified atom stereocenters. The Morgan fingerprint density at radius 2 is 1.85 bits per heavy atom. The Kier molecular flexibility index (Phi) is 6.60. The van der Waals surface area contributed by atoms with Crippen LogP contribution in [0.25, 0.3) is 0 Å². The molecule has 1 N–H and O–H groups in total. The van der Waals surface area contributed by atoms with Crippen molar-refractivity contribution in [3.8, 4) is 0 Å². The molecule has 0 saturated heterocycles. The molecule has 0 aliphatic carbocycles. The van der Waals surface area contributed by atoms with Gasteiger partial charge in [0.1, 0.15) is 0 Å². The average Bonchev–Trinajstić information content (AvgIpc) is 2.37. The van der Waals surface area contributed by atoms with Crippen LogP contribution in [0.1, 0.15) is 12.0 Å². The van der Waals surface area contributed by atoms with Gasteiger partial charge >= 0.3 is 0 Å². The lowest BCUT2D eigenvalue weighted by Crippen LogP contribution is -2.30. The number of hydrogen-bond donors (Lipinski definition) is 1. The fourth-order valence-corrected chi connectivity index (χ4v) is 4.04. The highest BCUT2D eigenvalue weighted by Gasteiger charge is 2.23. The first-order valence-corrected chi connectivity index (χ1v) is 8.52. The summed E-state index contributed by atoms with van der Waals surface area (Å²) >= 11 is 3.26. The van der Waals surface area contributed by atoms with E-state index in [0.717, 1.165) is 13.0 Å². The fraction of sp³-hybridized carbons (Fsp3) is 0.538. The molecule has 0 radical (unpaired) electrons. The summed E-state index contributed by atoms with van der Waals surface area (Å²) in [5, 5.41) is 9.05. The van der Waals surface area contributed by atoms with Crippen LogP contribution in [0.15, 0.2) is 27.6 Å². The highest BCUT2D eigenvalue weighted by atomic mass is 79.9. The van der Waals surface area contributed by atoms with Crippen molar-refractivity contribution in [1.82, 2.24) is 9.21 Å². The van der Waals surface area contributed by atoms with Crippen LogP contribution in [0.2, 0.25) is 0 Å². The molecule has 0 fully saturated rings. The number of aliphatic hydroxyl groups is 1. The molecule has 7 heteroatoms. The Labute approximate surface area is 129 Å². The molecule has 5 nitrogen and oxygen atoms in total. The molecule has 1 aromatic rings. The summed E-state index contributed by atoms with van der Waals surface area (Å²) in [5.41, 5.74) is 0.672. The fourth-order valence-electron chi connectivity index (χ4n) is 1.75. The molecule has 114 valence electrons. The molecule has 0 aliphatic rings. The zero-order chi connectivity index (χ0) is 15.3. The standard InChI is InChI=1S/C13H21BrN2O3S/c1-15(2)7-4-8-16(3)20(18,19)13-6-5-11(10-17)9-12(13)14/h5-6,9,17H,4,7-8,10H2,1-3H3. The summed E-state index contributed by atoms with van der Waals surface area (Å²) in [7, 11) is 1.99. The normalized spacial score (nSPS) is 12.3. The van der Waals surface area contributed by atoms with Gasteiger partial charge in [0.05, 0.1) is 11.5 Å². The van der Waals surface area contributed by atoms with E-state index in [2.05, 4.69) is 15.9 Å². The van der Waals surface area contributed by atoms with Crippen LogP contribution in [0.4, 0.5) is 0 Å². The summed E-state index contributed by atoms with van der Waals surface area (Å²) in [6.45, 7) is 1.19. The summed E-state index contributed by atoms with van der Waals surface area (Å²) in [5.74, 6) is 0. The zero-order valence-electron chi connectivity index (χ0n) is 12.0. The Hall–Kier alpha value is -0.470. The molecule has 0 heterocycles. The Morgan fingerprint density at radius 3 is 2.35 bits per heavy atom. The molecule has 0 aliphatic heterocycles. The molecule has 0 aromatic heterocycles. The topological polar surface area (TPSA) is 60.9 Å². The van der Waals surface area contributed by atoms with Gasteiger partial charge in [0.25, 0.3) is 0 Å². The Balaban J connectivity index is 2.87. The summed E-state index contributed by atoms with van der Waals surface area (Å²) in [6.07, 6.45) is 0.773. The Bertz CT molecular complexity index is 547. The predicted molar refractivity (Wildman–Crippen MR) is 83.1 cm³/mol. The van der Waals surface area contributed by atoms with Crippen molar-refractivity contribution in [3.05, 3.63) is 28.2 Å². The van der Waals surface area contributed by atoms with E-state index in [-0.39, 0.29) is 11.5 Å². The third-order valence-electron chi connectivity index (χ3n) is 2.95. The maximum Gasteiger partial charge on any atom is 0.243 e. The van der Waals surface area contributed by atoms with Gasteiger partial charge in [0.2, 0.25) is 10.0 Å². The average molecular weight is 365 g/mol. The summed E-state index contributed by atoms with van der Waals surface area (Å²) in [4.78, 5) is 2.24. The second kappa shape index (κ2) is 7.51. The zero-order valence-corrected chi connectivity index (χ0v) is 14.4. The van der Waals surface area contributed by atoms with E-state index in [0.29, 0.717) is 16.6 Å². The van der Waals surface area contributed by atoms with Gasteiger partial charge in [-0.05, 0) is 60.7 Å². The van der Waals surface area contributed by atoms with Crippen molar-refractivity contribution >= 4 is 26.0 Å². The third kappa shape index (κ3) is 4.53. The van der Waals surface area contributed by atoms with Crippen molar-refractivity contribution in [1.29, 1.82) is 0 Å². The largest absolute Gasteiger partial charge is 0.392 e. The van der Waals surface area contributed by atoms with Gasteiger partial charge in [-0.1, -0.05) is 6.07 Å². The first-order valence-electron chi connectivity index (χ1n) is 6.29. The molecule has 20 heavy (non-hydrogen) atoms. The highest BCUT2D eigenvalue weighted by Crippen LogP contribution is 2.25. The SMILES string of the molecule is CN(C)CCCN(C)S(=O)(=O)c1ccc(CO)cc1Br. The second-order valence-electron chi connectivity index (χ2n) is 4.91. The maximum atomic E-state index is 12.4. The molecule has 0 saturated carbocycles. The lowest BCUT2D eigenvalue weighted by atomic mass is 10.2. The minimum Gasteiger partial charge on any atom is -0.392 e. The number of sulfonamides is 1. The maximum absolute atomic E-state index is 12.4. The molecule has 1 aromatic carbocycles. The first kappa shape index (κ1) is 17.6. The van der Waals surface area contributed by atoms with Crippen molar-refractivity contribution in [2.24, 2.45) is 0 Å². The van der Waals surface area contributed by atoms with Crippen LogP contribution in [-0.2, 0) is 16.6 Å². The van der Waals surface area contributed by atoms with Gasteiger partial charge in [0.15, 0.2) is 0 Å². The van der Waals surface area contributed by atoms with Gasteiger partial charge in [0, 0.05) is 18.1 Å². The number of aliphatic hydroxyl groups excluding tert-OH is 1. The lowest BCUT2D eigenvalue weighted by Gasteiger charge is -2.19. The van der Waals surface area contributed by atoms with Crippen LogP contribution in [0.5, 0.6) is 0 Å². The van der Waals surface area contributed by atoms with Crippen molar-refractivity contribution in [2.75, 3.05) is 34.2 Å². The van der Waals surface area contributed by atoms with Crippen molar-refractivity contribution in [2.45, 2.75) is 17.9 Å². The molecule has 0 amide bonds. The highest BCUT2D eigenvalue weighted by molar-refractivity contribution is 9.10. The van der Waals surface area contributed by atoms with Gasteiger partial charge in [-0.2, -0.15) is 0 Å². The molecule has 1 rings (SSSR count). The van der Waals surface area contributed by atoms with Crippen molar-refractivity contribution in [3.63, 3.8) is 0 Å². The van der Waals surface area contributed by atoms with Crippen LogP contribution >= 0.6 is 15.9 Å². The second-order valence-corrected chi connectivity index (χ2v) is 7.77. The van der Waals surface area contributed by atoms with Crippen LogP contribution in [0.3, 0.4) is 0 Å². The van der Waals surface area contributed by atoms with Crippen LogP contribution in [-0.4, -0.2) is 57.0 Å². The summed E-state index contributed by atoms with van der Waals surface area (Å²) in [6, 6.07) is 4.76. The minimum atomic E-state index is -3.51. The van der Waals surface area contributed by atoms with Gasteiger partial charge < -0.3 is 10.0 Å². The van der Waals surface area contributed by atoms with Gasteiger partial charge in [-0.3, -0.25) is 0 Å². The van der Waals surface area contributed by atoms with E-state index >= 15 is 0 Å². The van der Waals surface area contributed by atoms with Gasteiger partial charge in [-0.25, -0.2) is 12.7 Å². The smallest absolute Gasteiger partial charge is 0.243 e. The van der Waals surface area contributed by atoms with Crippen LogP contribution < -0.4 is 0 Å². The number of nitrogens with zero attached hydrogens (tertiary/aromatic N) is 2. The quantitative estimate of drug-likeness (QED) is 0.796. The number of halogens is 1. The van der Waals surface area contributed by atoms with E-state index in [1.54, 1.807) is 19.2 Å². The van der Waals surface area contributed by atoms with Crippen LogP contribution in [0, 0.1) is 0 Å². The molecule has 0 spiro atoms. The van der Waals surface area contributed by atoms with E-state index in [1.807, 2.05) is 19.0 Å². The van der Waals surface area contributed by atoms with E-state index < -0.39 is 10.0 Å². The number of benzene rings is 1. The molecule has 0 bridgehead atoms. The first-order chi connectivity index (χ1) is 9.28. The van der Waals surface area contributed by atoms with Crippen molar-refractivity contribution < 1.29 is 13.5 Å². The monoisotopic (exact) mass is 364 g/mol. The Morgan fingerprint density at radius 1 is 1.20 bits per heavy atom. The number of rotatable bonds is 7. The molecule has 0 atom stereocenters. The van der Waals surface area contributed by atoms with E-state index in [4.69, 9.17) is 5.11 Å². The minimum absolute atomic E-state index is 0.113. The van der Waals surface area contributed by atoms with E-state index in [1.165, 1.54) is 10.4 Å². The van der Waals surface area contributed by atoms with E-state index in [9.17, 15) is 8.42 Å².